The van der Waals surface area contributed by atoms with Crippen LogP contribution in [0, 0.1) is 11.8 Å². The molecule has 1 aromatic rings. The first-order chi connectivity index (χ1) is 9.47. The third-order valence-electron chi connectivity index (χ3n) is 4.05. The normalized spacial score (nSPS) is 26.6. The minimum Gasteiger partial charge on any atom is -0.373 e. The molecule has 1 aliphatic carbocycles. The summed E-state index contributed by atoms with van der Waals surface area (Å²) in [5.74, 6) is 4.68. The molecule has 0 aliphatic heterocycles. The first-order valence-corrected chi connectivity index (χ1v) is 7.81. The summed E-state index contributed by atoms with van der Waals surface area (Å²) in [7, 11) is 1.90. The van der Waals surface area contributed by atoms with Crippen LogP contribution in [-0.2, 0) is 0 Å². The van der Waals surface area contributed by atoms with Gasteiger partial charge in [-0.3, -0.25) is 0 Å². The van der Waals surface area contributed by atoms with Crippen molar-refractivity contribution in [2.75, 3.05) is 17.7 Å². The lowest BCUT2D eigenvalue weighted by Crippen LogP contribution is -2.30. The second-order valence-corrected chi connectivity index (χ2v) is 6.66. The van der Waals surface area contributed by atoms with Crippen molar-refractivity contribution in [1.82, 2.24) is 9.97 Å². The van der Waals surface area contributed by atoms with Crippen molar-refractivity contribution in [2.24, 2.45) is 11.8 Å². The van der Waals surface area contributed by atoms with Gasteiger partial charge in [0.2, 0.25) is 0 Å². The Kier molecular flexibility index (Phi) is 4.84. The Morgan fingerprint density at radius 3 is 2.20 bits per heavy atom. The van der Waals surface area contributed by atoms with E-state index in [1.54, 1.807) is 0 Å². The van der Waals surface area contributed by atoms with Gasteiger partial charge >= 0.3 is 0 Å². The average Bonchev–Trinajstić information content (AvgIpc) is 2.36. The van der Waals surface area contributed by atoms with Gasteiger partial charge < -0.3 is 10.6 Å². The molecule has 1 aliphatic rings. The first kappa shape index (κ1) is 15.1. The summed E-state index contributed by atoms with van der Waals surface area (Å²) in [6.45, 7) is 8.96. The lowest BCUT2D eigenvalue weighted by Gasteiger charge is -2.32. The Labute approximate surface area is 122 Å². The summed E-state index contributed by atoms with van der Waals surface area (Å²) in [6.07, 6.45) is 3.82. The summed E-state index contributed by atoms with van der Waals surface area (Å²) in [4.78, 5) is 9.17. The maximum Gasteiger partial charge on any atom is 0.135 e. The number of anilines is 2. The molecule has 0 amide bonds. The van der Waals surface area contributed by atoms with E-state index in [0.717, 1.165) is 29.3 Å². The van der Waals surface area contributed by atoms with Gasteiger partial charge in [-0.15, -0.1) is 0 Å². The van der Waals surface area contributed by atoms with Crippen LogP contribution in [0.3, 0.4) is 0 Å². The molecule has 2 atom stereocenters. The quantitative estimate of drug-likeness (QED) is 0.876. The van der Waals surface area contributed by atoms with Crippen molar-refractivity contribution >= 4 is 11.6 Å². The van der Waals surface area contributed by atoms with Crippen molar-refractivity contribution in [1.29, 1.82) is 0 Å². The van der Waals surface area contributed by atoms with Gasteiger partial charge in [-0.05, 0) is 31.1 Å². The van der Waals surface area contributed by atoms with Gasteiger partial charge in [0.1, 0.15) is 17.5 Å². The fraction of sp³-hybridized carbons (Fsp3) is 0.750. The number of hydrogen-bond acceptors (Lipinski definition) is 4. The molecule has 0 radical (unpaired) electrons. The molecule has 1 aromatic heterocycles. The maximum absolute atomic E-state index is 4.66. The fourth-order valence-electron chi connectivity index (χ4n) is 3.20. The third-order valence-corrected chi connectivity index (χ3v) is 4.05. The zero-order valence-electron chi connectivity index (χ0n) is 13.4. The third kappa shape index (κ3) is 3.84. The van der Waals surface area contributed by atoms with Crippen LogP contribution < -0.4 is 10.6 Å². The van der Waals surface area contributed by atoms with E-state index < -0.39 is 0 Å². The van der Waals surface area contributed by atoms with Gasteiger partial charge in [0, 0.05) is 25.1 Å². The highest BCUT2D eigenvalue weighted by Gasteiger charge is 2.24. The van der Waals surface area contributed by atoms with Crippen LogP contribution in [0.4, 0.5) is 11.6 Å². The number of nitrogens with zero attached hydrogens (tertiary/aromatic N) is 2. The second-order valence-electron chi connectivity index (χ2n) is 6.66. The number of nitrogens with one attached hydrogen (secondary N) is 2. The van der Waals surface area contributed by atoms with Crippen molar-refractivity contribution in [2.45, 2.75) is 58.9 Å². The molecule has 0 bridgehead atoms. The minimum absolute atomic E-state index is 0.341. The molecule has 4 nitrogen and oxygen atoms in total. The van der Waals surface area contributed by atoms with Gasteiger partial charge in [0.25, 0.3) is 0 Å². The topological polar surface area (TPSA) is 49.8 Å². The number of hydrogen-bond donors (Lipinski definition) is 2. The van der Waals surface area contributed by atoms with E-state index >= 15 is 0 Å². The second kappa shape index (κ2) is 6.42. The molecule has 2 rings (SSSR count). The van der Waals surface area contributed by atoms with E-state index in [0.29, 0.717) is 12.0 Å². The molecule has 4 heteroatoms. The summed E-state index contributed by atoms with van der Waals surface area (Å²) in [5.41, 5.74) is 0. The van der Waals surface area contributed by atoms with Crippen LogP contribution in [0.15, 0.2) is 6.07 Å². The lowest BCUT2D eigenvalue weighted by atomic mass is 9.80. The molecular weight excluding hydrogens is 248 g/mol. The first-order valence-electron chi connectivity index (χ1n) is 7.81. The van der Waals surface area contributed by atoms with Crippen LogP contribution in [0.1, 0.15) is 58.7 Å². The van der Waals surface area contributed by atoms with Crippen molar-refractivity contribution in [3.8, 4) is 0 Å². The van der Waals surface area contributed by atoms with E-state index in [-0.39, 0.29) is 0 Å². The molecule has 112 valence electrons. The average molecular weight is 276 g/mol. The molecule has 0 aromatic carbocycles. The molecule has 0 spiro atoms. The van der Waals surface area contributed by atoms with E-state index in [4.69, 9.17) is 0 Å². The molecule has 2 unspecified atom stereocenters. The summed E-state index contributed by atoms with van der Waals surface area (Å²) >= 11 is 0. The van der Waals surface area contributed by atoms with Gasteiger partial charge in [0.15, 0.2) is 0 Å². The highest BCUT2D eigenvalue weighted by Crippen LogP contribution is 2.30. The predicted molar refractivity (Wildman–Crippen MR) is 85.3 cm³/mol. The van der Waals surface area contributed by atoms with Crippen molar-refractivity contribution in [3.63, 3.8) is 0 Å². The van der Waals surface area contributed by atoms with E-state index in [9.17, 15) is 0 Å². The Hall–Kier alpha value is -1.32. The molecule has 0 saturated heterocycles. The summed E-state index contributed by atoms with van der Waals surface area (Å²) in [5, 5.41) is 6.75. The van der Waals surface area contributed by atoms with Crippen molar-refractivity contribution < 1.29 is 0 Å². The molecule has 20 heavy (non-hydrogen) atoms. The zero-order chi connectivity index (χ0) is 14.7. The standard InChI is InChI=1S/C16H28N4/c1-10(2)16-19-14(17-5)9-15(20-16)18-13-7-11(3)6-12(4)8-13/h9-13H,6-8H2,1-5H3,(H2,17,18,19,20). The van der Waals surface area contributed by atoms with Crippen LogP contribution in [0.5, 0.6) is 0 Å². The Morgan fingerprint density at radius 1 is 1.05 bits per heavy atom. The van der Waals surface area contributed by atoms with E-state index in [1.807, 2.05) is 13.1 Å². The number of rotatable bonds is 4. The highest BCUT2D eigenvalue weighted by molar-refractivity contribution is 5.48. The number of aromatic nitrogens is 2. The molecule has 1 heterocycles. The molecule has 1 saturated carbocycles. The van der Waals surface area contributed by atoms with Gasteiger partial charge in [-0.1, -0.05) is 27.7 Å². The Morgan fingerprint density at radius 2 is 1.65 bits per heavy atom. The smallest absolute Gasteiger partial charge is 0.135 e. The summed E-state index contributed by atoms with van der Waals surface area (Å²) < 4.78 is 0. The van der Waals surface area contributed by atoms with E-state index in [2.05, 4.69) is 48.3 Å². The van der Waals surface area contributed by atoms with Crippen LogP contribution in [0.25, 0.3) is 0 Å². The van der Waals surface area contributed by atoms with Crippen molar-refractivity contribution in [3.05, 3.63) is 11.9 Å². The molecular formula is C16H28N4. The molecule has 2 N–H and O–H groups in total. The molecule has 1 fully saturated rings. The van der Waals surface area contributed by atoms with Gasteiger partial charge in [0.05, 0.1) is 0 Å². The Bertz CT molecular complexity index is 434. The van der Waals surface area contributed by atoms with Crippen LogP contribution >= 0.6 is 0 Å². The van der Waals surface area contributed by atoms with Gasteiger partial charge in [-0.2, -0.15) is 0 Å². The van der Waals surface area contributed by atoms with Crippen LogP contribution in [0.2, 0.25) is 0 Å². The zero-order valence-corrected chi connectivity index (χ0v) is 13.4. The minimum atomic E-state index is 0.341. The summed E-state index contributed by atoms with van der Waals surface area (Å²) in [6, 6.07) is 2.55. The van der Waals surface area contributed by atoms with Gasteiger partial charge in [-0.25, -0.2) is 9.97 Å². The monoisotopic (exact) mass is 276 g/mol. The Balaban J connectivity index is 2.13. The fourth-order valence-corrected chi connectivity index (χ4v) is 3.20. The maximum atomic E-state index is 4.66. The van der Waals surface area contributed by atoms with Crippen LogP contribution in [-0.4, -0.2) is 23.1 Å². The SMILES string of the molecule is CNc1cc(NC2CC(C)CC(C)C2)nc(C(C)C)n1. The highest BCUT2D eigenvalue weighted by atomic mass is 15.1. The predicted octanol–water partition coefficient (Wildman–Crippen LogP) is 3.88. The largest absolute Gasteiger partial charge is 0.373 e. The van der Waals surface area contributed by atoms with E-state index in [1.165, 1.54) is 19.3 Å². The lowest BCUT2D eigenvalue weighted by molar-refractivity contribution is 0.280.